The fraction of sp³-hybridized carbons (Fsp3) is 0.435. The lowest BCUT2D eigenvalue weighted by atomic mass is 10.0. The van der Waals surface area contributed by atoms with E-state index in [-0.39, 0.29) is 6.10 Å². The normalized spacial score (nSPS) is 18.9. The summed E-state index contributed by atoms with van der Waals surface area (Å²) < 4.78 is 31.3. The molecule has 0 radical (unpaired) electrons. The zero-order valence-corrected chi connectivity index (χ0v) is 17.3. The van der Waals surface area contributed by atoms with Gasteiger partial charge in [0.15, 0.2) is 11.8 Å². The molecule has 0 saturated carbocycles. The average Bonchev–Trinajstić information content (AvgIpc) is 3.18. The molecule has 4 nitrogen and oxygen atoms in total. The number of rotatable bonds is 10. The van der Waals surface area contributed by atoms with Crippen molar-refractivity contribution in [2.45, 2.75) is 68.2 Å². The Hall–Kier alpha value is -2.14. The van der Waals surface area contributed by atoms with Gasteiger partial charge in [-0.15, -0.1) is 0 Å². The first kappa shape index (κ1) is 20.6. The highest BCUT2D eigenvalue weighted by molar-refractivity contribution is 7.92. The SMILES string of the molecule is Cc1ccc(S(=O)(=O)[C@@H]2N=CO[C@H]2CCCCCCCc2ccccc2)cc1. The van der Waals surface area contributed by atoms with Crippen molar-refractivity contribution in [2.75, 3.05) is 0 Å². The van der Waals surface area contributed by atoms with Crippen LogP contribution in [0.25, 0.3) is 0 Å². The largest absolute Gasteiger partial charge is 0.477 e. The molecule has 2 aromatic rings. The Morgan fingerprint density at radius 3 is 2.32 bits per heavy atom. The van der Waals surface area contributed by atoms with E-state index in [0.717, 1.165) is 31.2 Å². The molecule has 0 amide bonds. The van der Waals surface area contributed by atoms with E-state index in [9.17, 15) is 8.42 Å². The first-order valence-electron chi connectivity index (χ1n) is 10.1. The van der Waals surface area contributed by atoms with Gasteiger partial charge in [0.05, 0.1) is 4.90 Å². The summed E-state index contributed by atoms with van der Waals surface area (Å²) in [6, 6.07) is 17.5. The quantitative estimate of drug-likeness (QED) is 0.522. The second-order valence-corrected chi connectivity index (χ2v) is 9.51. The van der Waals surface area contributed by atoms with Crippen LogP contribution in [0.3, 0.4) is 0 Å². The molecule has 2 atom stereocenters. The van der Waals surface area contributed by atoms with Gasteiger partial charge in [-0.1, -0.05) is 67.3 Å². The van der Waals surface area contributed by atoms with Crippen LogP contribution < -0.4 is 0 Å². The number of hydrogen-bond donors (Lipinski definition) is 0. The Bertz CT molecular complexity index is 860. The second-order valence-electron chi connectivity index (χ2n) is 7.47. The van der Waals surface area contributed by atoms with E-state index in [2.05, 4.69) is 29.3 Å². The van der Waals surface area contributed by atoms with E-state index in [4.69, 9.17) is 4.74 Å². The maximum atomic E-state index is 12.9. The third-order valence-corrected chi connectivity index (χ3v) is 7.22. The molecule has 3 rings (SSSR count). The van der Waals surface area contributed by atoms with Crippen molar-refractivity contribution in [1.82, 2.24) is 0 Å². The van der Waals surface area contributed by atoms with Crippen molar-refractivity contribution in [1.29, 1.82) is 0 Å². The van der Waals surface area contributed by atoms with E-state index in [1.54, 1.807) is 12.1 Å². The minimum Gasteiger partial charge on any atom is -0.477 e. The van der Waals surface area contributed by atoms with Gasteiger partial charge in [0.2, 0.25) is 9.84 Å². The lowest BCUT2D eigenvalue weighted by Gasteiger charge is -2.17. The number of benzene rings is 2. The number of ether oxygens (including phenoxy) is 1. The number of hydrogen-bond acceptors (Lipinski definition) is 4. The molecule has 1 heterocycles. The standard InChI is InChI=1S/C23H29NO3S/c1-19-14-16-21(17-15-19)28(25,26)23-22(27-18-24-23)13-9-4-2-3-6-10-20-11-7-5-8-12-20/h5,7-8,11-12,14-18,22-23H,2-4,6,9-10,13H2,1H3/t22-,23-/m0/s1. The Balaban J connectivity index is 1.40. The molecule has 0 saturated heterocycles. The van der Waals surface area contributed by atoms with Crippen LogP contribution in [-0.2, 0) is 21.0 Å². The molecule has 0 aromatic heterocycles. The number of nitrogens with zero attached hydrogens (tertiary/aromatic N) is 1. The Labute approximate surface area is 168 Å². The fourth-order valence-corrected chi connectivity index (χ4v) is 5.15. The molecule has 0 N–H and O–H groups in total. The van der Waals surface area contributed by atoms with Crippen molar-refractivity contribution >= 4 is 16.2 Å². The van der Waals surface area contributed by atoms with Crippen molar-refractivity contribution < 1.29 is 13.2 Å². The van der Waals surface area contributed by atoms with E-state index in [1.165, 1.54) is 24.8 Å². The number of aliphatic imine (C=N–C) groups is 1. The summed E-state index contributed by atoms with van der Waals surface area (Å²) in [5.41, 5.74) is 2.43. The molecule has 28 heavy (non-hydrogen) atoms. The van der Waals surface area contributed by atoms with Gasteiger partial charge in [-0.25, -0.2) is 13.4 Å². The highest BCUT2D eigenvalue weighted by Gasteiger charge is 2.38. The van der Waals surface area contributed by atoms with E-state index in [0.29, 0.717) is 11.3 Å². The van der Waals surface area contributed by atoms with Gasteiger partial charge in [0.25, 0.3) is 0 Å². The first-order chi connectivity index (χ1) is 13.6. The predicted octanol–water partition coefficient (Wildman–Crippen LogP) is 5.11. The molecular formula is C23H29NO3S. The summed E-state index contributed by atoms with van der Waals surface area (Å²) in [6.07, 6.45) is 8.36. The van der Waals surface area contributed by atoms with Gasteiger partial charge in [-0.05, 0) is 50.3 Å². The van der Waals surface area contributed by atoms with Crippen molar-refractivity contribution in [3.05, 3.63) is 65.7 Å². The third-order valence-electron chi connectivity index (χ3n) is 5.23. The van der Waals surface area contributed by atoms with Crippen LogP contribution in [-0.4, -0.2) is 26.3 Å². The van der Waals surface area contributed by atoms with Gasteiger partial charge in [-0.2, -0.15) is 0 Å². The maximum absolute atomic E-state index is 12.9. The van der Waals surface area contributed by atoms with Crippen LogP contribution in [0.1, 0.15) is 49.7 Å². The second kappa shape index (κ2) is 9.87. The number of unbranched alkanes of at least 4 members (excludes halogenated alkanes) is 4. The highest BCUT2D eigenvalue weighted by atomic mass is 32.2. The van der Waals surface area contributed by atoms with Gasteiger partial charge in [-0.3, -0.25) is 0 Å². The minimum atomic E-state index is -3.51. The topological polar surface area (TPSA) is 55.7 Å². The summed E-state index contributed by atoms with van der Waals surface area (Å²) >= 11 is 0. The molecule has 0 bridgehead atoms. The van der Waals surface area contributed by atoms with Crippen LogP contribution in [0.5, 0.6) is 0 Å². The average molecular weight is 400 g/mol. The van der Waals surface area contributed by atoms with Gasteiger partial charge < -0.3 is 4.74 Å². The van der Waals surface area contributed by atoms with E-state index >= 15 is 0 Å². The molecule has 0 fully saturated rings. The number of aryl methyl sites for hydroxylation is 2. The smallest absolute Gasteiger partial charge is 0.205 e. The molecule has 0 unspecified atom stereocenters. The van der Waals surface area contributed by atoms with Crippen molar-refractivity contribution in [2.24, 2.45) is 4.99 Å². The summed E-state index contributed by atoms with van der Waals surface area (Å²) in [5, 5.41) is -0.826. The summed E-state index contributed by atoms with van der Waals surface area (Å²) in [4.78, 5) is 4.43. The highest BCUT2D eigenvalue weighted by Crippen LogP contribution is 2.27. The Morgan fingerprint density at radius 1 is 0.893 bits per heavy atom. The third kappa shape index (κ3) is 5.44. The van der Waals surface area contributed by atoms with Crippen LogP contribution in [0.4, 0.5) is 0 Å². The van der Waals surface area contributed by atoms with Gasteiger partial charge >= 0.3 is 0 Å². The summed E-state index contributed by atoms with van der Waals surface area (Å²) in [7, 11) is -3.51. The zero-order chi connectivity index (χ0) is 19.8. The maximum Gasteiger partial charge on any atom is 0.205 e. The predicted molar refractivity (Wildman–Crippen MR) is 113 cm³/mol. The molecule has 0 spiro atoms. The molecule has 150 valence electrons. The van der Waals surface area contributed by atoms with E-state index in [1.807, 2.05) is 25.1 Å². The lowest BCUT2D eigenvalue weighted by Crippen LogP contribution is -2.30. The van der Waals surface area contributed by atoms with Crippen LogP contribution >= 0.6 is 0 Å². The number of sulfone groups is 1. The van der Waals surface area contributed by atoms with Gasteiger partial charge in [0, 0.05) is 0 Å². The Kier molecular flexibility index (Phi) is 7.26. The van der Waals surface area contributed by atoms with E-state index < -0.39 is 15.2 Å². The monoisotopic (exact) mass is 399 g/mol. The molecule has 1 aliphatic heterocycles. The molecule has 2 aromatic carbocycles. The Morgan fingerprint density at radius 2 is 1.57 bits per heavy atom. The molecule has 1 aliphatic rings. The molecular weight excluding hydrogens is 370 g/mol. The zero-order valence-electron chi connectivity index (χ0n) is 16.5. The fourth-order valence-electron chi connectivity index (χ4n) is 3.54. The minimum absolute atomic E-state index is 0.316. The molecule has 0 aliphatic carbocycles. The summed E-state index contributed by atoms with van der Waals surface area (Å²) in [5.74, 6) is 0. The van der Waals surface area contributed by atoms with Crippen LogP contribution in [0, 0.1) is 6.92 Å². The lowest BCUT2D eigenvalue weighted by molar-refractivity contribution is 0.205. The van der Waals surface area contributed by atoms with Crippen molar-refractivity contribution in [3.8, 4) is 0 Å². The first-order valence-corrected chi connectivity index (χ1v) is 11.6. The van der Waals surface area contributed by atoms with Crippen LogP contribution in [0.15, 0.2) is 64.5 Å². The van der Waals surface area contributed by atoms with Gasteiger partial charge in [0.1, 0.15) is 6.10 Å². The van der Waals surface area contributed by atoms with Crippen LogP contribution in [0.2, 0.25) is 0 Å². The van der Waals surface area contributed by atoms with Crippen molar-refractivity contribution in [3.63, 3.8) is 0 Å². The summed E-state index contributed by atoms with van der Waals surface area (Å²) in [6.45, 7) is 1.94. The molecule has 5 heteroatoms.